The number of hydrogen-bond acceptors (Lipinski definition) is 5. The number of nitrogens with one attached hydrogen (secondary N) is 1. The largest absolute Gasteiger partial charge is 0.508 e. The van der Waals surface area contributed by atoms with Gasteiger partial charge in [0.25, 0.3) is 5.91 Å². The second kappa shape index (κ2) is 15.2. The molecule has 0 spiro atoms. The summed E-state index contributed by atoms with van der Waals surface area (Å²) in [5.41, 5.74) is 10.4. The van der Waals surface area contributed by atoms with Gasteiger partial charge in [-0.15, -0.1) is 0 Å². The fourth-order valence-electron chi connectivity index (χ4n) is 5.76. The van der Waals surface area contributed by atoms with Gasteiger partial charge in [-0.1, -0.05) is 42.5 Å². The first-order valence-electron chi connectivity index (χ1n) is 15.4. The van der Waals surface area contributed by atoms with E-state index < -0.39 is 0 Å². The van der Waals surface area contributed by atoms with Crippen molar-refractivity contribution in [2.24, 2.45) is 17.6 Å². The topological polar surface area (TPSA) is 109 Å². The van der Waals surface area contributed by atoms with Crippen LogP contribution in [0.3, 0.4) is 0 Å². The van der Waals surface area contributed by atoms with Crippen LogP contribution in [0.2, 0.25) is 0 Å². The molecule has 44 heavy (non-hydrogen) atoms. The molecule has 0 radical (unpaired) electrons. The number of phenols is 1. The first kappa shape index (κ1) is 30.8. The smallest absolute Gasteiger partial charge is 0.251 e. The maximum atomic E-state index is 13.3. The average Bonchev–Trinajstić information content (AvgIpc) is 3.59. The molecule has 2 amide bonds. The lowest BCUT2D eigenvalue weighted by Gasteiger charge is -2.27. The zero-order chi connectivity index (χ0) is 30.7. The minimum Gasteiger partial charge on any atom is -0.508 e. The Morgan fingerprint density at radius 3 is 2.34 bits per heavy atom. The Hall–Kier alpha value is -4.62. The Balaban J connectivity index is 1.26. The Kier molecular flexibility index (Phi) is 10.7. The maximum absolute atomic E-state index is 13.3. The number of phenolic OH excluding ortho intramolecular Hbond substituents is 1. The highest BCUT2D eigenvalue weighted by atomic mass is 16.3. The fraction of sp³-hybridized carbons (Fsp3) is 0.297. The van der Waals surface area contributed by atoms with Crippen LogP contribution in [0.25, 0.3) is 17.2 Å². The zero-order valence-corrected chi connectivity index (χ0v) is 25.0. The predicted molar refractivity (Wildman–Crippen MR) is 174 cm³/mol. The van der Waals surface area contributed by atoms with Gasteiger partial charge in [0.05, 0.1) is 6.26 Å². The molecule has 4 aromatic rings. The van der Waals surface area contributed by atoms with Gasteiger partial charge in [-0.25, -0.2) is 0 Å². The summed E-state index contributed by atoms with van der Waals surface area (Å²) < 4.78 is 5.35. The lowest BCUT2D eigenvalue weighted by Crippen LogP contribution is -2.32. The van der Waals surface area contributed by atoms with Crippen molar-refractivity contribution in [2.75, 3.05) is 19.6 Å². The van der Waals surface area contributed by atoms with E-state index in [2.05, 4.69) is 11.4 Å². The summed E-state index contributed by atoms with van der Waals surface area (Å²) in [4.78, 5) is 28.1. The molecule has 1 heterocycles. The maximum Gasteiger partial charge on any atom is 0.251 e. The van der Waals surface area contributed by atoms with E-state index in [1.165, 1.54) is 6.08 Å². The van der Waals surface area contributed by atoms with E-state index in [1.807, 2.05) is 54.6 Å². The first-order chi connectivity index (χ1) is 21.5. The van der Waals surface area contributed by atoms with Gasteiger partial charge >= 0.3 is 0 Å². The fourth-order valence-corrected chi connectivity index (χ4v) is 5.76. The quantitative estimate of drug-likeness (QED) is 0.165. The number of hydrogen-bond donors (Lipinski definition) is 3. The summed E-state index contributed by atoms with van der Waals surface area (Å²) in [5.74, 6) is 1.78. The molecule has 7 heteroatoms. The number of nitrogens with two attached hydrogens (primary N) is 1. The Morgan fingerprint density at radius 2 is 1.61 bits per heavy atom. The van der Waals surface area contributed by atoms with Crippen LogP contribution in [0.4, 0.5) is 0 Å². The van der Waals surface area contributed by atoms with Gasteiger partial charge in [0.2, 0.25) is 5.91 Å². The molecule has 5 rings (SSSR count). The second-order valence-corrected chi connectivity index (χ2v) is 11.6. The van der Waals surface area contributed by atoms with Crippen LogP contribution < -0.4 is 11.1 Å². The molecule has 1 aliphatic rings. The molecule has 3 aromatic carbocycles. The van der Waals surface area contributed by atoms with Crippen LogP contribution in [0.1, 0.15) is 52.9 Å². The van der Waals surface area contributed by atoms with Gasteiger partial charge in [-0.3, -0.25) is 9.59 Å². The van der Waals surface area contributed by atoms with E-state index in [-0.39, 0.29) is 17.6 Å². The van der Waals surface area contributed by atoms with E-state index in [9.17, 15) is 14.7 Å². The molecule has 1 aromatic heterocycles. The minimum absolute atomic E-state index is 0.0571. The van der Waals surface area contributed by atoms with Crippen LogP contribution in [-0.4, -0.2) is 41.5 Å². The van der Waals surface area contributed by atoms with Gasteiger partial charge < -0.3 is 25.5 Å². The van der Waals surface area contributed by atoms with Crippen LogP contribution in [0, 0.1) is 11.8 Å². The standard InChI is InChI=1S/C37H41N3O4/c38-24-28-9-11-29(12-10-28)25-39-37(43)33-7-2-6-32(23-33)31-5-1-4-30(22-31)26-40(20-19-27-13-15-34(41)16-14-27)36(42)18-17-35-8-3-21-44-35/h1-8,13-18,21-23,28-29,41H,9-12,19-20,24-26,38H2,(H,39,43)/b18-17+. The number of benzene rings is 3. The third-order valence-electron chi connectivity index (χ3n) is 8.46. The Bertz CT molecular complexity index is 1540. The number of amides is 2. The van der Waals surface area contributed by atoms with Crippen LogP contribution in [0.15, 0.2) is 102 Å². The Labute approximate surface area is 259 Å². The molecule has 0 atom stereocenters. The summed E-state index contributed by atoms with van der Waals surface area (Å²) in [5, 5.41) is 12.8. The highest BCUT2D eigenvalue weighted by Crippen LogP contribution is 2.28. The summed E-state index contributed by atoms with van der Waals surface area (Å²) in [7, 11) is 0. The highest BCUT2D eigenvalue weighted by molar-refractivity contribution is 5.95. The van der Waals surface area contributed by atoms with Gasteiger partial charge in [-0.2, -0.15) is 0 Å². The normalized spacial score (nSPS) is 16.6. The van der Waals surface area contributed by atoms with Gasteiger partial charge in [-0.05, 0) is 121 Å². The molecule has 4 N–H and O–H groups in total. The summed E-state index contributed by atoms with van der Waals surface area (Å²) >= 11 is 0. The predicted octanol–water partition coefficient (Wildman–Crippen LogP) is 6.43. The van der Waals surface area contributed by atoms with Gasteiger partial charge in [0.1, 0.15) is 11.5 Å². The SMILES string of the molecule is NCC1CCC(CNC(=O)c2cccc(-c3cccc(CN(CCc4ccc(O)cc4)C(=O)/C=C/c4ccco4)c3)c2)CC1. The lowest BCUT2D eigenvalue weighted by atomic mass is 9.82. The molecule has 0 saturated heterocycles. The van der Waals surface area contributed by atoms with E-state index >= 15 is 0 Å². The van der Waals surface area contributed by atoms with E-state index in [0.29, 0.717) is 49.2 Å². The van der Waals surface area contributed by atoms with E-state index in [1.54, 1.807) is 41.5 Å². The first-order valence-corrected chi connectivity index (χ1v) is 15.4. The molecule has 1 aliphatic carbocycles. The number of carbonyl (C=O) groups excluding carboxylic acids is 2. The molecule has 0 bridgehead atoms. The van der Waals surface area contributed by atoms with E-state index in [0.717, 1.165) is 54.5 Å². The van der Waals surface area contributed by atoms with Crippen molar-refractivity contribution in [3.8, 4) is 16.9 Å². The molecular formula is C37H41N3O4. The summed E-state index contributed by atoms with van der Waals surface area (Å²) in [6, 6.07) is 26.4. The van der Waals surface area contributed by atoms with Crippen LogP contribution in [-0.2, 0) is 17.8 Å². The van der Waals surface area contributed by atoms with Crippen molar-refractivity contribution in [2.45, 2.75) is 38.6 Å². The van der Waals surface area contributed by atoms with Crippen molar-refractivity contribution >= 4 is 17.9 Å². The van der Waals surface area contributed by atoms with Crippen LogP contribution in [0.5, 0.6) is 5.75 Å². The van der Waals surface area contributed by atoms with Crippen molar-refractivity contribution in [1.29, 1.82) is 0 Å². The monoisotopic (exact) mass is 591 g/mol. The van der Waals surface area contributed by atoms with Crippen molar-refractivity contribution in [3.05, 3.63) is 120 Å². The molecule has 0 unspecified atom stereocenters. The zero-order valence-electron chi connectivity index (χ0n) is 25.0. The third-order valence-corrected chi connectivity index (χ3v) is 8.46. The molecule has 7 nitrogen and oxygen atoms in total. The summed E-state index contributed by atoms with van der Waals surface area (Å²) in [6.45, 7) is 2.36. The molecule has 1 fully saturated rings. The molecular weight excluding hydrogens is 550 g/mol. The number of aromatic hydroxyl groups is 1. The number of nitrogens with zero attached hydrogens (tertiary/aromatic N) is 1. The minimum atomic E-state index is -0.124. The van der Waals surface area contributed by atoms with E-state index in [4.69, 9.17) is 10.2 Å². The van der Waals surface area contributed by atoms with Gasteiger partial charge in [0.15, 0.2) is 0 Å². The molecule has 0 aliphatic heterocycles. The highest BCUT2D eigenvalue weighted by Gasteiger charge is 2.21. The van der Waals surface area contributed by atoms with Gasteiger partial charge in [0, 0.05) is 31.3 Å². The number of rotatable bonds is 12. The second-order valence-electron chi connectivity index (χ2n) is 11.6. The van der Waals surface area contributed by atoms with Crippen molar-refractivity contribution in [3.63, 3.8) is 0 Å². The van der Waals surface area contributed by atoms with Crippen molar-refractivity contribution in [1.82, 2.24) is 10.2 Å². The third kappa shape index (κ3) is 8.71. The molecule has 228 valence electrons. The van der Waals surface area contributed by atoms with Crippen molar-refractivity contribution < 1.29 is 19.1 Å². The van der Waals surface area contributed by atoms with Crippen LogP contribution >= 0.6 is 0 Å². The molecule has 1 saturated carbocycles. The number of carbonyl (C=O) groups is 2. The average molecular weight is 592 g/mol. The Morgan fingerprint density at radius 1 is 0.886 bits per heavy atom. The lowest BCUT2D eigenvalue weighted by molar-refractivity contribution is -0.126. The summed E-state index contributed by atoms with van der Waals surface area (Å²) in [6.07, 6.45) is 9.94. The number of furan rings is 1.